The largest absolute Gasteiger partial charge is 0.289 e. The van der Waals surface area contributed by atoms with Crippen LogP contribution < -0.4 is 0 Å². The van der Waals surface area contributed by atoms with Gasteiger partial charge in [-0.25, -0.2) is 4.39 Å². The van der Waals surface area contributed by atoms with Crippen molar-refractivity contribution in [1.29, 1.82) is 0 Å². The molecule has 0 fully saturated rings. The Kier molecular flexibility index (Phi) is 3.76. The zero-order chi connectivity index (χ0) is 18.4. The number of benzene rings is 2. The predicted octanol–water partition coefficient (Wildman–Crippen LogP) is 4.29. The zero-order valence-electron chi connectivity index (χ0n) is 15.1. The number of fused-ring (bicyclic) bond motifs is 2. The van der Waals surface area contributed by atoms with Gasteiger partial charge in [-0.2, -0.15) is 5.10 Å². The van der Waals surface area contributed by atoms with Crippen molar-refractivity contribution in [1.82, 2.24) is 19.7 Å². The molecule has 0 aliphatic carbocycles. The first kappa shape index (κ1) is 16.1. The molecule has 4 aromatic rings. The van der Waals surface area contributed by atoms with Gasteiger partial charge in [0.2, 0.25) is 0 Å². The molecule has 5 heteroatoms. The minimum Gasteiger partial charge on any atom is -0.289 e. The lowest BCUT2D eigenvalue weighted by molar-refractivity contribution is 0.270. The fourth-order valence-corrected chi connectivity index (χ4v) is 3.82. The molecule has 0 radical (unpaired) electrons. The Morgan fingerprint density at radius 2 is 1.89 bits per heavy atom. The van der Waals surface area contributed by atoms with E-state index in [-0.39, 0.29) is 5.82 Å². The molecule has 0 atom stereocenters. The van der Waals surface area contributed by atoms with E-state index in [0.29, 0.717) is 12.1 Å². The molecule has 0 saturated heterocycles. The van der Waals surface area contributed by atoms with Crippen molar-refractivity contribution in [3.05, 3.63) is 83.6 Å². The molecule has 4 nitrogen and oxygen atoms in total. The highest BCUT2D eigenvalue weighted by Crippen LogP contribution is 2.28. The molecule has 5 rings (SSSR count). The van der Waals surface area contributed by atoms with Crippen LogP contribution in [0.5, 0.6) is 0 Å². The standard InChI is InChI=1S/C22H19FN4/c1-26-22-7-6-15(9-19(22)11-25-26)16-4-5-17(20(23)10-16)12-27-13-18-3-2-8-24-21(18)14-27/h2-11H,12-14H2,1H3. The summed E-state index contributed by atoms with van der Waals surface area (Å²) in [5.41, 5.74) is 6.00. The van der Waals surface area contributed by atoms with Gasteiger partial charge >= 0.3 is 0 Å². The first-order chi connectivity index (χ1) is 13.2. The Bertz CT molecular complexity index is 1120. The van der Waals surface area contributed by atoms with Gasteiger partial charge in [-0.1, -0.05) is 24.3 Å². The van der Waals surface area contributed by atoms with Gasteiger partial charge in [-0.15, -0.1) is 0 Å². The molecule has 3 heterocycles. The lowest BCUT2D eigenvalue weighted by Crippen LogP contribution is -2.16. The van der Waals surface area contributed by atoms with Crippen LogP contribution in [0.15, 0.2) is 60.9 Å². The van der Waals surface area contributed by atoms with Crippen LogP contribution in [0.2, 0.25) is 0 Å². The summed E-state index contributed by atoms with van der Waals surface area (Å²) in [6, 6.07) is 15.7. The summed E-state index contributed by atoms with van der Waals surface area (Å²) in [4.78, 5) is 6.63. The summed E-state index contributed by atoms with van der Waals surface area (Å²) in [5, 5.41) is 5.33. The quantitative estimate of drug-likeness (QED) is 0.548. The third-order valence-corrected chi connectivity index (χ3v) is 5.28. The Balaban J connectivity index is 1.39. The second-order valence-electron chi connectivity index (χ2n) is 7.10. The number of hydrogen-bond donors (Lipinski definition) is 0. The first-order valence-corrected chi connectivity index (χ1v) is 9.03. The highest BCUT2D eigenvalue weighted by Gasteiger charge is 2.20. The zero-order valence-corrected chi connectivity index (χ0v) is 15.1. The molecule has 0 bridgehead atoms. The molecule has 0 saturated carbocycles. The fourth-order valence-electron chi connectivity index (χ4n) is 3.82. The maximum absolute atomic E-state index is 14.8. The van der Waals surface area contributed by atoms with Gasteiger partial charge < -0.3 is 0 Å². The normalized spacial score (nSPS) is 14.0. The summed E-state index contributed by atoms with van der Waals surface area (Å²) in [5.74, 6) is -0.164. The number of aromatic nitrogens is 3. The maximum atomic E-state index is 14.8. The monoisotopic (exact) mass is 358 g/mol. The van der Waals surface area contributed by atoms with Crippen molar-refractivity contribution in [2.45, 2.75) is 19.6 Å². The Labute approximate surface area is 156 Å². The summed E-state index contributed by atoms with van der Waals surface area (Å²) >= 11 is 0. The molecule has 1 aliphatic rings. The molecule has 27 heavy (non-hydrogen) atoms. The lowest BCUT2D eigenvalue weighted by atomic mass is 10.0. The van der Waals surface area contributed by atoms with Crippen molar-refractivity contribution < 1.29 is 4.39 Å². The van der Waals surface area contributed by atoms with Crippen molar-refractivity contribution in [3.63, 3.8) is 0 Å². The van der Waals surface area contributed by atoms with E-state index in [0.717, 1.165) is 40.8 Å². The Morgan fingerprint density at radius 1 is 1.04 bits per heavy atom. The Morgan fingerprint density at radius 3 is 2.74 bits per heavy atom. The van der Waals surface area contributed by atoms with E-state index in [1.54, 1.807) is 6.07 Å². The number of hydrogen-bond acceptors (Lipinski definition) is 3. The molecular weight excluding hydrogens is 339 g/mol. The number of rotatable bonds is 3. The van der Waals surface area contributed by atoms with E-state index in [4.69, 9.17) is 0 Å². The van der Waals surface area contributed by atoms with Crippen LogP contribution in [0, 0.1) is 5.82 Å². The second-order valence-corrected chi connectivity index (χ2v) is 7.10. The number of halogens is 1. The number of pyridine rings is 1. The van der Waals surface area contributed by atoms with Crippen LogP contribution in [0.1, 0.15) is 16.8 Å². The van der Waals surface area contributed by atoms with E-state index in [1.165, 1.54) is 5.56 Å². The summed E-state index contributed by atoms with van der Waals surface area (Å²) < 4.78 is 16.6. The average molecular weight is 358 g/mol. The molecular formula is C22H19FN4. The molecule has 2 aromatic heterocycles. The SMILES string of the molecule is Cn1ncc2cc(-c3ccc(CN4Cc5cccnc5C4)c(F)c3)ccc21. The minimum absolute atomic E-state index is 0.164. The maximum Gasteiger partial charge on any atom is 0.128 e. The van der Waals surface area contributed by atoms with Crippen LogP contribution in [-0.2, 0) is 26.7 Å². The molecule has 1 aliphatic heterocycles. The van der Waals surface area contributed by atoms with Gasteiger partial charge in [0.15, 0.2) is 0 Å². The molecule has 0 spiro atoms. The van der Waals surface area contributed by atoms with Crippen LogP contribution in [0.25, 0.3) is 22.0 Å². The molecule has 0 N–H and O–H groups in total. The van der Waals surface area contributed by atoms with Crippen molar-refractivity contribution >= 4 is 10.9 Å². The van der Waals surface area contributed by atoms with Gasteiger partial charge in [0.25, 0.3) is 0 Å². The second kappa shape index (κ2) is 6.28. The predicted molar refractivity (Wildman–Crippen MR) is 103 cm³/mol. The number of aryl methyl sites for hydroxylation is 1. The van der Waals surface area contributed by atoms with Crippen molar-refractivity contribution in [2.24, 2.45) is 7.05 Å². The van der Waals surface area contributed by atoms with Gasteiger partial charge in [0, 0.05) is 43.8 Å². The van der Waals surface area contributed by atoms with Crippen molar-refractivity contribution in [2.75, 3.05) is 0 Å². The van der Waals surface area contributed by atoms with Gasteiger partial charge in [-0.3, -0.25) is 14.6 Å². The minimum atomic E-state index is -0.164. The van der Waals surface area contributed by atoms with Crippen LogP contribution >= 0.6 is 0 Å². The van der Waals surface area contributed by atoms with E-state index in [2.05, 4.69) is 27.1 Å². The molecule has 2 aromatic carbocycles. The topological polar surface area (TPSA) is 34.0 Å². The molecule has 0 unspecified atom stereocenters. The van der Waals surface area contributed by atoms with E-state index in [1.807, 2.05) is 54.5 Å². The van der Waals surface area contributed by atoms with Gasteiger partial charge in [-0.05, 0) is 41.0 Å². The summed E-state index contributed by atoms with van der Waals surface area (Å²) in [6.45, 7) is 2.18. The van der Waals surface area contributed by atoms with Crippen LogP contribution in [0.3, 0.4) is 0 Å². The van der Waals surface area contributed by atoms with E-state index < -0.39 is 0 Å². The third-order valence-electron chi connectivity index (χ3n) is 5.28. The van der Waals surface area contributed by atoms with E-state index in [9.17, 15) is 4.39 Å². The van der Waals surface area contributed by atoms with E-state index >= 15 is 0 Å². The average Bonchev–Trinajstić information content (AvgIpc) is 3.26. The number of nitrogens with zero attached hydrogens (tertiary/aromatic N) is 4. The summed E-state index contributed by atoms with van der Waals surface area (Å²) in [7, 11) is 1.92. The lowest BCUT2D eigenvalue weighted by Gasteiger charge is -2.15. The smallest absolute Gasteiger partial charge is 0.128 e. The van der Waals surface area contributed by atoms with Crippen LogP contribution in [0.4, 0.5) is 4.39 Å². The third kappa shape index (κ3) is 2.90. The first-order valence-electron chi connectivity index (χ1n) is 9.03. The van der Waals surface area contributed by atoms with Crippen molar-refractivity contribution in [3.8, 4) is 11.1 Å². The highest BCUT2D eigenvalue weighted by atomic mass is 19.1. The Hall–Kier alpha value is -3.05. The highest BCUT2D eigenvalue weighted by molar-refractivity contribution is 5.84. The van der Waals surface area contributed by atoms with Crippen LogP contribution in [-0.4, -0.2) is 19.7 Å². The molecule has 134 valence electrons. The van der Waals surface area contributed by atoms with Gasteiger partial charge in [0.1, 0.15) is 5.82 Å². The summed E-state index contributed by atoms with van der Waals surface area (Å²) in [6.07, 6.45) is 3.65. The fraction of sp³-hybridized carbons (Fsp3) is 0.182. The molecule has 0 amide bonds. The van der Waals surface area contributed by atoms with Gasteiger partial charge in [0.05, 0.1) is 17.4 Å².